The van der Waals surface area contributed by atoms with Crippen LogP contribution in [0, 0.1) is 0 Å². The summed E-state index contributed by atoms with van der Waals surface area (Å²) in [4.78, 5) is 11.7. The summed E-state index contributed by atoms with van der Waals surface area (Å²) in [6.07, 6.45) is -0.0921. The molecular weight excluding hydrogens is 238 g/mol. The van der Waals surface area contributed by atoms with E-state index in [0.717, 1.165) is 4.70 Å². The zero-order valence-electron chi connectivity index (χ0n) is 9.56. The molecule has 1 aromatic carbocycles. The summed E-state index contributed by atoms with van der Waals surface area (Å²) < 4.78 is 6.38. The van der Waals surface area contributed by atoms with Crippen molar-refractivity contribution in [3.05, 3.63) is 23.1 Å². The van der Waals surface area contributed by atoms with E-state index in [4.69, 9.17) is 10.5 Å². The highest BCUT2D eigenvalue weighted by Crippen LogP contribution is 2.42. The molecule has 17 heavy (non-hydrogen) atoms. The van der Waals surface area contributed by atoms with E-state index < -0.39 is 5.91 Å². The maximum Gasteiger partial charge on any atom is 0.262 e. The first-order valence-corrected chi connectivity index (χ1v) is 6.03. The lowest BCUT2D eigenvalue weighted by Crippen LogP contribution is -2.13. The molecule has 0 saturated heterocycles. The number of amides is 1. The van der Waals surface area contributed by atoms with E-state index in [9.17, 15) is 9.90 Å². The second-order valence-corrected chi connectivity index (χ2v) is 4.99. The van der Waals surface area contributed by atoms with Crippen LogP contribution in [0.5, 0.6) is 11.5 Å². The molecule has 3 N–H and O–H groups in total. The van der Waals surface area contributed by atoms with Crippen molar-refractivity contribution in [2.24, 2.45) is 5.73 Å². The highest BCUT2D eigenvalue weighted by Gasteiger charge is 2.20. The largest absolute Gasteiger partial charge is 0.507 e. The molecule has 0 atom stereocenters. The predicted octanol–water partition coefficient (Wildman–Crippen LogP) is 2.49. The van der Waals surface area contributed by atoms with Gasteiger partial charge in [-0.3, -0.25) is 4.79 Å². The van der Waals surface area contributed by atoms with Gasteiger partial charge in [-0.25, -0.2) is 0 Å². The van der Waals surface area contributed by atoms with Gasteiger partial charge in [0.15, 0.2) is 5.75 Å². The Labute approximate surface area is 103 Å². The number of aromatic hydroxyl groups is 1. The number of hydrogen-bond donors (Lipinski definition) is 2. The zero-order chi connectivity index (χ0) is 12.6. The van der Waals surface area contributed by atoms with Gasteiger partial charge in [0.25, 0.3) is 5.91 Å². The Morgan fingerprint density at radius 2 is 2.18 bits per heavy atom. The smallest absolute Gasteiger partial charge is 0.262 e. The number of fused-ring (bicyclic) bond motifs is 1. The van der Waals surface area contributed by atoms with Crippen LogP contribution in [0.3, 0.4) is 0 Å². The highest BCUT2D eigenvalue weighted by molar-refractivity contribution is 7.21. The van der Waals surface area contributed by atoms with Gasteiger partial charge in [-0.2, -0.15) is 0 Å². The van der Waals surface area contributed by atoms with Gasteiger partial charge in [-0.1, -0.05) is 6.07 Å². The number of thiophene rings is 1. The van der Waals surface area contributed by atoms with E-state index >= 15 is 0 Å². The predicted molar refractivity (Wildman–Crippen MR) is 67.8 cm³/mol. The van der Waals surface area contributed by atoms with Crippen LogP contribution in [0.1, 0.15) is 23.5 Å². The number of rotatable bonds is 3. The van der Waals surface area contributed by atoms with Gasteiger partial charge in [0.2, 0.25) is 0 Å². The van der Waals surface area contributed by atoms with E-state index in [-0.39, 0.29) is 11.9 Å². The van der Waals surface area contributed by atoms with Gasteiger partial charge < -0.3 is 15.6 Å². The lowest BCUT2D eigenvalue weighted by Gasteiger charge is -2.10. The minimum absolute atomic E-state index is 0.0921. The van der Waals surface area contributed by atoms with E-state index in [0.29, 0.717) is 16.0 Å². The number of phenols is 1. The molecule has 1 heterocycles. The highest BCUT2D eigenvalue weighted by atomic mass is 32.1. The van der Waals surface area contributed by atoms with Gasteiger partial charge in [0.05, 0.1) is 11.5 Å². The summed E-state index contributed by atoms with van der Waals surface area (Å²) in [5.41, 5.74) is 5.31. The van der Waals surface area contributed by atoms with Crippen LogP contribution < -0.4 is 10.5 Å². The summed E-state index contributed by atoms with van der Waals surface area (Å²) in [6, 6.07) is 5.10. The van der Waals surface area contributed by atoms with E-state index in [1.807, 2.05) is 19.9 Å². The van der Waals surface area contributed by atoms with Crippen molar-refractivity contribution >= 4 is 27.3 Å². The van der Waals surface area contributed by atoms with Crippen LogP contribution in [0.15, 0.2) is 18.2 Å². The van der Waals surface area contributed by atoms with Crippen molar-refractivity contribution < 1.29 is 14.6 Å². The van der Waals surface area contributed by atoms with Crippen LogP contribution in [0.4, 0.5) is 0 Å². The van der Waals surface area contributed by atoms with Gasteiger partial charge in [-0.15, -0.1) is 11.3 Å². The van der Waals surface area contributed by atoms with Crippen LogP contribution in [-0.4, -0.2) is 17.1 Å². The van der Waals surface area contributed by atoms with Crippen molar-refractivity contribution in [3.63, 3.8) is 0 Å². The lowest BCUT2D eigenvalue weighted by molar-refractivity contribution is 0.0999. The Bertz CT molecular complexity index is 574. The Kier molecular flexibility index (Phi) is 2.93. The molecule has 0 saturated carbocycles. The Morgan fingerprint density at radius 1 is 1.47 bits per heavy atom. The summed E-state index contributed by atoms with van der Waals surface area (Å²) in [6.45, 7) is 3.71. The average molecular weight is 251 g/mol. The number of phenolic OH excluding ortho intramolecular Hbond substituents is 1. The first kappa shape index (κ1) is 11.7. The van der Waals surface area contributed by atoms with Crippen LogP contribution in [0.2, 0.25) is 0 Å². The number of hydrogen-bond acceptors (Lipinski definition) is 4. The maximum absolute atomic E-state index is 11.4. The molecule has 0 aliphatic carbocycles. The molecule has 0 unspecified atom stereocenters. The molecule has 0 aliphatic heterocycles. The molecule has 1 amide bonds. The topological polar surface area (TPSA) is 72.5 Å². The molecular formula is C12H13NO3S. The normalized spacial score (nSPS) is 11.0. The molecule has 1 aromatic heterocycles. The first-order valence-electron chi connectivity index (χ1n) is 5.21. The molecule has 2 aromatic rings. The SMILES string of the molecule is CC(C)Oc1c(C(N)=O)sc2cccc(O)c12. The third-order valence-electron chi connectivity index (χ3n) is 2.23. The summed E-state index contributed by atoms with van der Waals surface area (Å²) in [7, 11) is 0. The van der Waals surface area contributed by atoms with Gasteiger partial charge in [0, 0.05) is 4.70 Å². The van der Waals surface area contributed by atoms with Crippen molar-refractivity contribution in [1.29, 1.82) is 0 Å². The molecule has 0 bridgehead atoms. The Hall–Kier alpha value is -1.75. The third kappa shape index (κ3) is 2.06. The fourth-order valence-corrected chi connectivity index (χ4v) is 2.62. The molecule has 0 spiro atoms. The van der Waals surface area contributed by atoms with Crippen LogP contribution in [0.25, 0.3) is 10.1 Å². The quantitative estimate of drug-likeness (QED) is 0.880. The van der Waals surface area contributed by atoms with Crippen molar-refractivity contribution in [3.8, 4) is 11.5 Å². The maximum atomic E-state index is 11.4. The third-order valence-corrected chi connectivity index (χ3v) is 3.38. The number of carbonyl (C=O) groups excluding carboxylic acids is 1. The second-order valence-electron chi connectivity index (χ2n) is 3.94. The summed E-state index contributed by atoms with van der Waals surface area (Å²) in [5.74, 6) is -0.0613. The average Bonchev–Trinajstić information content (AvgIpc) is 2.57. The van der Waals surface area contributed by atoms with Crippen molar-refractivity contribution in [2.45, 2.75) is 20.0 Å². The fourth-order valence-electron chi connectivity index (χ4n) is 1.61. The molecule has 0 fully saturated rings. The van der Waals surface area contributed by atoms with E-state index in [1.165, 1.54) is 11.3 Å². The molecule has 5 heteroatoms. The minimum Gasteiger partial charge on any atom is -0.507 e. The second kappa shape index (κ2) is 4.25. The summed E-state index contributed by atoms with van der Waals surface area (Å²) >= 11 is 1.23. The van der Waals surface area contributed by atoms with E-state index in [2.05, 4.69) is 0 Å². The number of ether oxygens (including phenoxy) is 1. The standard InChI is InChI=1S/C12H13NO3S/c1-6(2)16-10-9-7(14)4-3-5-8(9)17-11(10)12(13)15/h3-6,14H,1-2H3,(H2,13,15). The number of primary amides is 1. The number of carbonyl (C=O) groups is 1. The van der Waals surface area contributed by atoms with Crippen molar-refractivity contribution in [1.82, 2.24) is 0 Å². The number of nitrogens with two attached hydrogens (primary N) is 1. The zero-order valence-corrected chi connectivity index (χ0v) is 10.4. The van der Waals surface area contributed by atoms with Gasteiger partial charge in [-0.05, 0) is 26.0 Å². The molecule has 90 valence electrons. The Morgan fingerprint density at radius 3 is 2.76 bits per heavy atom. The lowest BCUT2D eigenvalue weighted by atomic mass is 10.2. The van der Waals surface area contributed by atoms with E-state index in [1.54, 1.807) is 12.1 Å². The van der Waals surface area contributed by atoms with Crippen molar-refractivity contribution in [2.75, 3.05) is 0 Å². The molecule has 2 rings (SSSR count). The monoisotopic (exact) mass is 251 g/mol. The molecule has 4 nitrogen and oxygen atoms in total. The number of benzene rings is 1. The molecule has 0 aliphatic rings. The fraction of sp³-hybridized carbons (Fsp3) is 0.250. The van der Waals surface area contributed by atoms with Crippen LogP contribution in [-0.2, 0) is 0 Å². The molecule has 0 radical (unpaired) electrons. The minimum atomic E-state index is -0.541. The van der Waals surface area contributed by atoms with Gasteiger partial charge in [0.1, 0.15) is 10.6 Å². The van der Waals surface area contributed by atoms with Crippen LogP contribution >= 0.6 is 11.3 Å². The van der Waals surface area contributed by atoms with Gasteiger partial charge >= 0.3 is 0 Å². The summed E-state index contributed by atoms with van der Waals surface area (Å²) in [5, 5.41) is 10.4. The Balaban J connectivity index is 2.73. The first-order chi connectivity index (χ1) is 8.00.